The average Bonchev–Trinajstić information content (AvgIpc) is 3.32. The van der Waals surface area contributed by atoms with Crippen LogP contribution in [0.4, 0.5) is 5.82 Å². The quantitative estimate of drug-likeness (QED) is 0.387. The van der Waals surface area contributed by atoms with Gasteiger partial charge in [0.05, 0.1) is 29.8 Å². The van der Waals surface area contributed by atoms with Crippen LogP contribution in [-0.2, 0) is 6.54 Å². The predicted molar refractivity (Wildman–Crippen MR) is 140 cm³/mol. The Bertz CT molecular complexity index is 1310. The number of hydrogen-bond acceptors (Lipinski definition) is 6. The second-order valence-corrected chi connectivity index (χ2v) is 9.86. The number of hydrogen-bond donors (Lipinski definition) is 1. The number of nitrogens with zero attached hydrogens (tertiary/aromatic N) is 6. The average molecular weight is 488 g/mol. The van der Waals surface area contributed by atoms with Crippen molar-refractivity contribution in [3.8, 4) is 22.5 Å². The molecular weight excluding hydrogens is 458 g/mol. The molecule has 0 unspecified atom stereocenters. The highest BCUT2D eigenvalue weighted by Gasteiger charge is 2.22. The second kappa shape index (κ2) is 10.1. The molecule has 7 nitrogen and oxygen atoms in total. The first-order valence-corrected chi connectivity index (χ1v) is 12.5. The molecule has 0 amide bonds. The molecule has 1 atom stereocenters. The van der Waals surface area contributed by atoms with Gasteiger partial charge in [-0.2, -0.15) is 0 Å². The summed E-state index contributed by atoms with van der Waals surface area (Å²) in [5.74, 6) is 1.24. The van der Waals surface area contributed by atoms with E-state index in [9.17, 15) is 0 Å². The Hall–Kier alpha value is -3.29. The van der Waals surface area contributed by atoms with Crippen molar-refractivity contribution < 1.29 is 0 Å². The molecule has 35 heavy (non-hydrogen) atoms. The first-order valence-electron chi connectivity index (χ1n) is 12.1. The molecule has 180 valence electrons. The largest absolute Gasteiger partial charge is 0.384 e. The molecule has 4 aromatic rings. The molecule has 5 rings (SSSR count). The lowest BCUT2D eigenvalue weighted by molar-refractivity contribution is 0.144. The molecule has 0 aliphatic carbocycles. The standard InChI is InChI=1S/C27H30ClN7/c1-18-9-11-34(12-10-18)19(2)24-8-4-7-23(30-24)16-35-17-26(32-33-35)21-14-25(31-27(29)15-21)20-5-3-6-22(28)13-20/h3-8,13-15,17-19H,9-12,16H2,1-2H3,(H2,29,31)/t19-/m1/s1. The van der Waals surface area contributed by atoms with Gasteiger partial charge in [-0.05, 0) is 75.2 Å². The van der Waals surface area contributed by atoms with Crippen LogP contribution >= 0.6 is 11.6 Å². The van der Waals surface area contributed by atoms with Crippen LogP contribution in [0.15, 0.2) is 60.8 Å². The number of benzene rings is 1. The van der Waals surface area contributed by atoms with Crippen molar-refractivity contribution in [2.24, 2.45) is 5.92 Å². The van der Waals surface area contributed by atoms with Gasteiger partial charge in [0.25, 0.3) is 0 Å². The highest BCUT2D eigenvalue weighted by atomic mass is 35.5. The van der Waals surface area contributed by atoms with E-state index in [1.807, 2.05) is 53.3 Å². The van der Waals surface area contributed by atoms with Gasteiger partial charge >= 0.3 is 0 Å². The van der Waals surface area contributed by atoms with Crippen LogP contribution in [0.2, 0.25) is 5.02 Å². The minimum Gasteiger partial charge on any atom is -0.384 e. The van der Waals surface area contributed by atoms with Crippen molar-refractivity contribution in [1.29, 1.82) is 0 Å². The van der Waals surface area contributed by atoms with Crippen molar-refractivity contribution in [3.05, 3.63) is 77.2 Å². The minimum absolute atomic E-state index is 0.304. The highest BCUT2D eigenvalue weighted by molar-refractivity contribution is 6.30. The Labute approximate surface area is 211 Å². The maximum absolute atomic E-state index is 6.16. The number of nitrogen functional groups attached to an aromatic ring is 1. The zero-order valence-corrected chi connectivity index (χ0v) is 20.9. The van der Waals surface area contributed by atoms with E-state index in [1.54, 1.807) is 0 Å². The summed E-state index contributed by atoms with van der Waals surface area (Å²) in [4.78, 5) is 11.9. The zero-order chi connectivity index (χ0) is 24.4. The fourth-order valence-electron chi connectivity index (χ4n) is 4.59. The molecule has 0 saturated carbocycles. The fraction of sp³-hybridized carbons (Fsp3) is 0.333. The lowest BCUT2D eigenvalue weighted by atomic mass is 9.97. The molecule has 4 heterocycles. The van der Waals surface area contributed by atoms with E-state index >= 15 is 0 Å². The molecule has 2 N–H and O–H groups in total. The summed E-state index contributed by atoms with van der Waals surface area (Å²) < 4.78 is 1.81. The number of halogens is 1. The number of piperidine rings is 1. The van der Waals surface area contributed by atoms with E-state index in [-0.39, 0.29) is 0 Å². The summed E-state index contributed by atoms with van der Waals surface area (Å²) in [5.41, 5.74) is 11.4. The molecular formula is C27H30ClN7. The lowest BCUT2D eigenvalue weighted by Crippen LogP contribution is -2.35. The summed E-state index contributed by atoms with van der Waals surface area (Å²) in [6.07, 6.45) is 4.43. The molecule has 0 spiro atoms. The smallest absolute Gasteiger partial charge is 0.124 e. The SMILES string of the molecule is CC1CCN([C@H](C)c2cccc(Cn3cc(-c4cc(N)nc(-c5cccc(Cl)c5)c4)nn3)n2)CC1. The van der Waals surface area contributed by atoms with Gasteiger partial charge in [-0.25, -0.2) is 9.67 Å². The Kier molecular flexibility index (Phi) is 6.79. The number of nitrogens with two attached hydrogens (primary N) is 1. The van der Waals surface area contributed by atoms with Crippen LogP contribution in [0.3, 0.4) is 0 Å². The van der Waals surface area contributed by atoms with Crippen LogP contribution in [-0.4, -0.2) is 43.0 Å². The van der Waals surface area contributed by atoms with Crippen LogP contribution in [0, 0.1) is 5.92 Å². The van der Waals surface area contributed by atoms with E-state index in [2.05, 4.69) is 46.2 Å². The number of anilines is 1. The van der Waals surface area contributed by atoms with Crippen molar-refractivity contribution in [2.45, 2.75) is 39.3 Å². The monoisotopic (exact) mass is 487 g/mol. The molecule has 0 bridgehead atoms. The first kappa shape index (κ1) is 23.5. The van der Waals surface area contributed by atoms with Gasteiger partial charge in [-0.1, -0.05) is 41.9 Å². The summed E-state index contributed by atoms with van der Waals surface area (Å²) >= 11 is 6.16. The third kappa shape index (κ3) is 5.52. The molecule has 1 aliphatic heterocycles. The third-order valence-electron chi connectivity index (χ3n) is 6.75. The van der Waals surface area contributed by atoms with E-state index in [1.165, 1.54) is 12.8 Å². The topological polar surface area (TPSA) is 85.8 Å². The van der Waals surface area contributed by atoms with Crippen LogP contribution in [0.5, 0.6) is 0 Å². The Morgan fingerprint density at radius 2 is 1.80 bits per heavy atom. The van der Waals surface area contributed by atoms with E-state index < -0.39 is 0 Å². The van der Waals surface area contributed by atoms with Gasteiger partial charge in [0.2, 0.25) is 0 Å². The van der Waals surface area contributed by atoms with Crippen molar-refractivity contribution in [2.75, 3.05) is 18.8 Å². The van der Waals surface area contributed by atoms with Crippen LogP contribution in [0.25, 0.3) is 22.5 Å². The second-order valence-electron chi connectivity index (χ2n) is 9.43. The number of rotatable bonds is 6. The van der Waals surface area contributed by atoms with Crippen molar-refractivity contribution >= 4 is 17.4 Å². The number of pyridine rings is 2. The van der Waals surface area contributed by atoms with Crippen LogP contribution < -0.4 is 5.73 Å². The highest BCUT2D eigenvalue weighted by Crippen LogP contribution is 2.28. The molecule has 1 aromatic carbocycles. The van der Waals surface area contributed by atoms with Gasteiger partial charge in [0.15, 0.2) is 0 Å². The van der Waals surface area contributed by atoms with Crippen molar-refractivity contribution in [1.82, 2.24) is 29.9 Å². The van der Waals surface area contributed by atoms with E-state index in [0.717, 1.165) is 52.9 Å². The van der Waals surface area contributed by atoms with Crippen LogP contribution in [0.1, 0.15) is 44.1 Å². The molecule has 0 radical (unpaired) electrons. The minimum atomic E-state index is 0.304. The lowest BCUT2D eigenvalue weighted by Gasteiger charge is -2.34. The van der Waals surface area contributed by atoms with Gasteiger partial charge in [0, 0.05) is 22.2 Å². The zero-order valence-electron chi connectivity index (χ0n) is 20.1. The summed E-state index contributed by atoms with van der Waals surface area (Å²) in [7, 11) is 0. The number of likely N-dealkylation sites (tertiary alicyclic amines) is 1. The Morgan fingerprint density at radius 1 is 1.00 bits per heavy atom. The van der Waals surface area contributed by atoms with Crippen molar-refractivity contribution in [3.63, 3.8) is 0 Å². The normalized spacial score (nSPS) is 15.9. The molecule has 8 heteroatoms. The maximum Gasteiger partial charge on any atom is 0.124 e. The third-order valence-corrected chi connectivity index (χ3v) is 6.98. The first-order chi connectivity index (χ1) is 16.9. The molecule has 1 fully saturated rings. The maximum atomic E-state index is 6.16. The van der Waals surface area contributed by atoms with Gasteiger partial charge < -0.3 is 5.73 Å². The van der Waals surface area contributed by atoms with Gasteiger partial charge in [-0.3, -0.25) is 9.88 Å². The fourth-order valence-corrected chi connectivity index (χ4v) is 4.78. The molecule has 1 aliphatic rings. The Balaban J connectivity index is 1.33. The summed E-state index contributed by atoms with van der Waals surface area (Å²) in [6, 6.07) is 17.9. The number of aromatic nitrogens is 5. The van der Waals surface area contributed by atoms with E-state index in [4.69, 9.17) is 22.3 Å². The predicted octanol–water partition coefficient (Wildman–Crippen LogP) is 5.48. The van der Waals surface area contributed by atoms with Gasteiger partial charge in [-0.15, -0.1) is 5.10 Å². The summed E-state index contributed by atoms with van der Waals surface area (Å²) in [5, 5.41) is 9.37. The van der Waals surface area contributed by atoms with Gasteiger partial charge in [0.1, 0.15) is 11.5 Å². The Morgan fingerprint density at radius 3 is 2.60 bits per heavy atom. The molecule has 3 aromatic heterocycles. The summed E-state index contributed by atoms with van der Waals surface area (Å²) in [6.45, 7) is 7.40. The molecule has 1 saturated heterocycles. The van der Waals surface area contributed by atoms with E-state index in [0.29, 0.717) is 23.4 Å².